The molecule has 1 unspecified atom stereocenters. The molecule has 0 bridgehead atoms. The summed E-state index contributed by atoms with van der Waals surface area (Å²) in [6.45, 7) is 0. The highest BCUT2D eigenvalue weighted by Crippen LogP contribution is 2.25. The first kappa shape index (κ1) is 9.36. The fraction of sp³-hybridized carbons (Fsp3) is 0.333. The molecule has 5 heteroatoms. The normalized spacial score (nSPS) is 25.5. The van der Waals surface area contributed by atoms with Crippen LogP contribution in [0.2, 0.25) is 0 Å². The third-order valence-electron chi connectivity index (χ3n) is 2.28. The monoisotopic (exact) mass is 209 g/mol. The van der Waals surface area contributed by atoms with E-state index in [1.54, 1.807) is 18.1 Å². The van der Waals surface area contributed by atoms with E-state index in [9.17, 15) is 0 Å². The SMILES string of the molecule is COC1(n2cnc(=S)[nH]2)C=CC=CC1. The molecule has 4 nitrogen and oxygen atoms in total. The second-order valence-electron chi connectivity index (χ2n) is 3.07. The van der Waals surface area contributed by atoms with Gasteiger partial charge in [-0.3, -0.25) is 5.10 Å². The average Bonchev–Trinajstić information content (AvgIpc) is 2.66. The van der Waals surface area contributed by atoms with Gasteiger partial charge in [0.05, 0.1) is 0 Å². The first-order valence-electron chi connectivity index (χ1n) is 4.30. The lowest BCUT2D eigenvalue weighted by molar-refractivity contribution is -0.0429. The molecule has 0 amide bonds. The Morgan fingerprint density at radius 3 is 3.00 bits per heavy atom. The molecule has 1 atom stereocenters. The lowest BCUT2D eigenvalue weighted by atomic mass is 10.1. The van der Waals surface area contributed by atoms with E-state index in [0.717, 1.165) is 6.42 Å². The van der Waals surface area contributed by atoms with Crippen LogP contribution in [-0.4, -0.2) is 21.9 Å². The second kappa shape index (κ2) is 3.51. The molecule has 1 aliphatic rings. The number of methoxy groups -OCH3 is 1. The fourth-order valence-electron chi connectivity index (χ4n) is 1.48. The number of hydrogen-bond acceptors (Lipinski definition) is 3. The van der Waals surface area contributed by atoms with Gasteiger partial charge in [-0.1, -0.05) is 18.2 Å². The zero-order valence-electron chi connectivity index (χ0n) is 7.80. The molecule has 14 heavy (non-hydrogen) atoms. The van der Waals surface area contributed by atoms with Crippen LogP contribution in [0.3, 0.4) is 0 Å². The number of ether oxygens (including phenoxy) is 1. The minimum atomic E-state index is -0.501. The van der Waals surface area contributed by atoms with Crippen molar-refractivity contribution in [2.45, 2.75) is 12.1 Å². The summed E-state index contributed by atoms with van der Waals surface area (Å²) in [7, 11) is 1.67. The van der Waals surface area contributed by atoms with Crippen molar-refractivity contribution >= 4 is 12.2 Å². The molecule has 0 aromatic carbocycles. The van der Waals surface area contributed by atoms with Crippen LogP contribution in [0.15, 0.2) is 30.6 Å². The van der Waals surface area contributed by atoms with E-state index in [2.05, 4.69) is 10.1 Å². The molecule has 0 saturated heterocycles. The Bertz CT molecular complexity index is 431. The molecular formula is C9H11N3OS. The van der Waals surface area contributed by atoms with Gasteiger partial charge in [0.15, 0.2) is 5.72 Å². The predicted octanol–water partition coefficient (Wildman–Crippen LogP) is 1.76. The van der Waals surface area contributed by atoms with Gasteiger partial charge < -0.3 is 4.74 Å². The van der Waals surface area contributed by atoms with Crippen molar-refractivity contribution < 1.29 is 4.74 Å². The highest BCUT2D eigenvalue weighted by atomic mass is 32.1. The molecule has 2 rings (SSSR count). The molecule has 0 saturated carbocycles. The topological polar surface area (TPSA) is 42.8 Å². The molecule has 1 heterocycles. The van der Waals surface area contributed by atoms with E-state index in [1.165, 1.54) is 0 Å². The van der Waals surface area contributed by atoms with E-state index in [0.29, 0.717) is 4.77 Å². The molecule has 1 aromatic heterocycles. The van der Waals surface area contributed by atoms with Gasteiger partial charge in [0.2, 0.25) is 4.77 Å². The zero-order chi connectivity index (χ0) is 10.0. The lowest BCUT2D eigenvalue weighted by Crippen LogP contribution is -2.34. The Balaban J connectivity index is 2.42. The maximum Gasteiger partial charge on any atom is 0.213 e. The predicted molar refractivity (Wildman–Crippen MR) is 55.3 cm³/mol. The van der Waals surface area contributed by atoms with E-state index < -0.39 is 5.72 Å². The summed E-state index contributed by atoms with van der Waals surface area (Å²) in [6.07, 6.45) is 10.4. The first-order chi connectivity index (χ1) is 6.77. The van der Waals surface area contributed by atoms with Gasteiger partial charge in [0, 0.05) is 13.5 Å². The quantitative estimate of drug-likeness (QED) is 0.755. The van der Waals surface area contributed by atoms with Crippen LogP contribution in [0, 0.1) is 4.77 Å². The van der Waals surface area contributed by atoms with Gasteiger partial charge in [-0.05, 0) is 18.3 Å². The molecule has 0 spiro atoms. The number of nitrogens with one attached hydrogen (secondary N) is 1. The van der Waals surface area contributed by atoms with Crippen LogP contribution in [-0.2, 0) is 10.5 Å². The van der Waals surface area contributed by atoms with Crippen molar-refractivity contribution in [2.75, 3.05) is 7.11 Å². The summed E-state index contributed by atoms with van der Waals surface area (Å²) in [5.74, 6) is 0. The maximum atomic E-state index is 5.49. The Hall–Kier alpha value is -1.20. The average molecular weight is 209 g/mol. The van der Waals surface area contributed by atoms with Crippen LogP contribution in [0.25, 0.3) is 0 Å². The summed E-state index contributed by atoms with van der Waals surface area (Å²) in [5.41, 5.74) is -0.501. The smallest absolute Gasteiger partial charge is 0.213 e. The van der Waals surface area contributed by atoms with Gasteiger partial charge in [0.1, 0.15) is 6.33 Å². The van der Waals surface area contributed by atoms with Gasteiger partial charge in [-0.2, -0.15) is 0 Å². The molecular weight excluding hydrogens is 198 g/mol. The number of aromatic nitrogens is 3. The van der Waals surface area contributed by atoms with Gasteiger partial charge in [-0.15, -0.1) is 0 Å². The molecule has 1 N–H and O–H groups in total. The summed E-state index contributed by atoms with van der Waals surface area (Å²) in [4.78, 5) is 3.97. The van der Waals surface area contributed by atoms with Crippen LogP contribution >= 0.6 is 12.2 Å². The minimum Gasteiger partial charge on any atom is -0.353 e. The third kappa shape index (κ3) is 1.44. The van der Waals surface area contributed by atoms with Crippen LogP contribution in [0.4, 0.5) is 0 Å². The summed E-state index contributed by atoms with van der Waals surface area (Å²) < 4.78 is 7.72. The highest BCUT2D eigenvalue weighted by Gasteiger charge is 2.28. The largest absolute Gasteiger partial charge is 0.353 e. The number of rotatable bonds is 2. The number of allylic oxidation sites excluding steroid dienone is 2. The molecule has 1 aliphatic carbocycles. The number of H-pyrrole nitrogens is 1. The van der Waals surface area contributed by atoms with Gasteiger partial charge in [0.25, 0.3) is 0 Å². The standard InChI is InChI=1S/C9H11N3OS/c1-13-9(5-3-2-4-6-9)12-7-10-8(14)11-12/h2-5,7H,6H2,1H3,(H,11,14). The Labute approximate surface area is 86.9 Å². The zero-order valence-corrected chi connectivity index (χ0v) is 8.62. The first-order valence-corrected chi connectivity index (χ1v) is 4.71. The maximum absolute atomic E-state index is 5.49. The number of aromatic amines is 1. The van der Waals surface area contributed by atoms with Crippen molar-refractivity contribution in [3.63, 3.8) is 0 Å². The van der Waals surface area contributed by atoms with Crippen LogP contribution < -0.4 is 0 Å². The minimum absolute atomic E-state index is 0.462. The fourth-order valence-corrected chi connectivity index (χ4v) is 1.63. The molecule has 1 aromatic rings. The molecule has 74 valence electrons. The Morgan fingerprint density at radius 1 is 1.64 bits per heavy atom. The van der Waals surface area contributed by atoms with Gasteiger partial charge in [-0.25, -0.2) is 9.67 Å². The summed E-state index contributed by atoms with van der Waals surface area (Å²) in [5, 5.41) is 2.95. The molecule has 0 radical (unpaired) electrons. The number of hydrogen-bond donors (Lipinski definition) is 1. The van der Waals surface area contributed by atoms with E-state index in [4.69, 9.17) is 17.0 Å². The highest BCUT2D eigenvalue weighted by molar-refractivity contribution is 7.71. The Morgan fingerprint density at radius 2 is 2.50 bits per heavy atom. The molecule has 0 aliphatic heterocycles. The second-order valence-corrected chi connectivity index (χ2v) is 3.46. The summed E-state index contributed by atoms with van der Waals surface area (Å²) >= 11 is 4.91. The lowest BCUT2D eigenvalue weighted by Gasteiger charge is -2.30. The number of nitrogens with zero attached hydrogens (tertiary/aromatic N) is 2. The summed E-state index contributed by atoms with van der Waals surface area (Å²) in [6, 6.07) is 0. The van der Waals surface area contributed by atoms with Gasteiger partial charge >= 0.3 is 0 Å². The third-order valence-corrected chi connectivity index (χ3v) is 2.48. The van der Waals surface area contributed by atoms with E-state index >= 15 is 0 Å². The van der Waals surface area contributed by atoms with Crippen LogP contribution in [0.5, 0.6) is 0 Å². The van der Waals surface area contributed by atoms with Crippen molar-refractivity contribution in [3.8, 4) is 0 Å². The van der Waals surface area contributed by atoms with E-state index in [1.807, 2.05) is 24.3 Å². The van der Waals surface area contributed by atoms with E-state index in [-0.39, 0.29) is 0 Å². The Kier molecular flexibility index (Phi) is 2.35. The van der Waals surface area contributed by atoms with Crippen molar-refractivity contribution in [3.05, 3.63) is 35.4 Å². The van der Waals surface area contributed by atoms with Crippen LogP contribution in [0.1, 0.15) is 6.42 Å². The molecule has 0 fully saturated rings. The van der Waals surface area contributed by atoms with Crippen molar-refractivity contribution in [1.82, 2.24) is 14.8 Å². The van der Waals surface area contributed by atoms with Crippen molar-refractivity contribution in [1.29, 1.82) is 0 Å². The van der Waals surface area contributed by atoms with Crippen molar-refractivity contribution in [2.24, 2.45) is 0 Å².